The molecular weight excluding hydrogens is 422 g/mol. The molecule has 3 amide bonds. The SMILES string of the molecule is COc1ccc(OC)c(N2CCN3C2=NC2C3C(=O)N(Cc3ccc(C)cc3)C(=O)N2C)c1. The second kappa shape index (κ2) is 7.99. The first kappa shape index (κ1) is 21.1. The number of nitrogens with zero attached hydrogens (tertiary/aromatic N) is 5. The Labute approximate surface area is 192 Å². The van der Waals surface area contributed by atoms with Crippen LogP contribution in [0.15, 0.2) is 47.5 Å². The van der Waals surface area contributed by atoms with Gasteiger partial charge in [-0.05, 0) is 24.6 Å². The number of aryl methyl sites for hydroxylation is 1. The van der Waals surface area contributed by atoms with Crippen molar-refractivity contribution in [2.45, 2.75) is 25.7 Å². The molecular formula is C24H27N5O4. The zero-order valence-corrected chi connectivity index (χ0v) is 19.2. The van der Waals surface area contributed by atoms with Gasteiger partial charge in [-0.15, -0.1) is 0 Å². The lowest BCUT2D eigenvalue weighted by atomic mass is 10.1. The lowest BCUT2D eigenvalue weighted by molar-refractivity contribution is -0.137. The van der Waals surface area contributed by atoms with Crippen LogP contribution in [0, 0.1) is 6.92 Å². The Morgan fingerprint density at radius 3 is 2.48 bits per heavy atom. The van der Waals surface area contributed by atoms with E-state index in [0.29, 0.717) is 30.5 Å². The van der Waals surface area contributed by atoms with E-state index < -0.39 is 12.2 Å². The molecule has 0 aromatic heterocycles. The molecule has 0 radical (unpaired) electrons. The summed E-state index contributed by atoms with van der Waals surface area (Å²) in [6.07, 6.45) is -0.561. The quantitative estimate of drug-likeness (QED) is 0.697. The number of imide groups is 1. The largest absolute Gasteiger partial charge is 0.497 e. The maximum Gasteiger partial charge on any atom is 0.328 e. The molecule has 5 rings (SSSR count). The molecule has 2 saturated heterocycles. The predicted octanol–water partition coefficient (Wildman–Crippen LogP) is 2.29. The number of fused-ring (bicyclic) bond motifs is 3. The number of hydrogen-bond acceptors (Lipinski definition) is 7. The van der Waals surface area contributed by atoms with Crippen molar-refractivity contribution in [2.24, 2.45) is 4.99 Å². The number of carbonyl (C=O) groups excluding carboxylic acids is 2. The van der Waals surface area contributed by atoms with Crippen molar-refractivity contribution in [2.75, 3.05) is 39.3 Å². The zero-order chi connectivity index (χ0) is 23.3. The minimum Gasteiger partial charge on any atom is -0.497 e. The second-order valence-corrected chi connectivity index (χ2v) is 8.47. The predicted molar refractivity (Wildman–Crippen MR) is 123 cm³/mol. The summed E-state index contributed by atoms with van der Waals surface area (Å²) < 4.78 is 11.0. The van der Waals surface area contributed by atoms with E-state index in [1.807, 2.05) is 59.2 Å². The summed E-state index contributed by atoms with van der Waals surface area (Å²) in [5, 5.41) is 0. The normalized spacial score (nSPS) is 21.9. The number of rotatable bonds is 5. The third kappa shape index (κ3) is 3.35. The van der Waals surface area contributed by atoms with Gasteiger partial charge in [-0.2, -0.15) is 0 Å². The highest BCUT2D eigenvalue weighted by Crippen LogP contribution is 2.38. The van der Waals surface area contributed by atoms with Crippen LogP contribution in [0.2, 0.25) is 0 Å². The van der Waals surface area contributed by atoms with Crippen LogP contribution in [-0.2, 0) is 11.3 Å². The molecule has 2 unspecified atom stereocenters. The van der Waals surface area contributed by atoms with Gasteiger partial charge in [0.1, 0.15) is 11.5 Å². The van der Waals surface area contributed by atoms with Gasteiger partial charge in [0, 0.05) is 26.2 Å². The van der Waals surface area contributed by atoms with E-state index in [4.69, 9.17) is 14.5 Å². The number of likely N-dealkylation sites (N-methyl/N-ethyl adjacent to an activating group) is 1. The second-order valence-electron chi connectivity index (χ2n) is 8.47. The minimum absolute atomic E-state index is 0.220. The first-order valence-electron chi connectivity index (χ1n) is 10.9. The molecule has 172 valence electrons. The molecule has 33 heavy (non-hydrogen) atoms. The third-order valence-electron chi connectivity index (χ3n) is 6.52. The van der Waals surface area contributed by atoms with Crippen LogP contribution in [0.25, 0.3) is 0 Å². The van der Waals surface area contributed by atoms with Crippen molar-refractivity contribution in [3.8, 4) is 11.5 Å². The third-order valence-corrected chi connectivity index (χ3v) is 6.52. The number of guanidine groups is 1. The average Bonchev–Trinajstić information content (AvgIpc) is 3.41. The van der Waals surface area contributed by atoms with Crippen molar-refractivity contribution in [1.29, 1.82) is 0 Å². The van der Waals surface area contributed by atoms with E-state index in [1.165, 1.54) is 4.90 Å². The van der Waals surface area contributed by atoms with Gasteiger partial charge in [0.2, 0.25) is 5.96 Å². The number of amides is 3. The van der Waals surface area contributed by atoms with Crippen LogP contribution in [-0.4, -0.2) is 79.2 Å². The van der Waals surface area contributed by atoms with E-state index in [0.717, 1.165) is 16.8 Å². The lowest BCUT2D eigenvalue weighted by Gasteiger charge is -2.40. The highest BCUT2D eigenvalue weighted by Gasteiger charge is 2.54. The van der Waals surface area contributed by atoms with Gasteiger partial charge in [0.05, 0.1) is 26.5 Å². The summed E-state index contributed by atoms with van der Waals surface area (Å²) in [6.45, 7) is 3.51. The topological polar surface area (TPSA) is 77.9 Å². The number of methoxy groups -OCH3 is 2. The Bertz CT molecular complexity index is 1130. The first-order valence-corrected chi connectivity index (χ1v) is 10.9. The van der Waals surface area contributed by atoms with Gasteiger partial charge < -0.3 is 24.2 Å². The molecule has 9 heteroatoms. The molecule has 9 nitrogen and oxygen atoms in total. The molecule has 0 bridgehead atoms. The summed E-state index contributed by atoms with van der Waals surface area (Å²) in [5.74, 6) is 1.84. The van der Waals surface area contributed by atoms with Crippen LogP contribution < -0.4 is 14.4 Å². The summed E-state index contributed by atoms with van der Waals surface area (Å²) >= 11 is 0. The number of benzene rings is 2. The van der Waals surface area contributed by atoms with Crippen LogP contribution in [0.3, 0.4) is 0 Å². The number of aliphatic imine (C=N–C) groups is 1. The molecule has 2 aromatic carbocycles. The standard InChI is InChI=1S/C24H27N5O4/c1-15-5-7-16(8-6-15)14-29-22(30)20-21(26(2)24(29)31)25-23-27(11-12-28(20)23)18-13-17(32-3)9-10-19(18)33-4/h5-10,13,20-21H,11-12,14H2,1-4H3. The highest BCUT2D eigenvalue weighted by molar-refractivity contribution is 6.08. The summed E-state index contributed by atoms with van der Waals surface area (Å²) in [6, 6.07) is 12.6. The number of urea groups is 1. The zero-order valence-electron chi connectivity index (χ0n) is 19.2. The minimum atomic E-state index is -0.561. The smallest absolute Gasteiger partial charge is 0.328 e. The van der Waals surface area contributed by atoms with Gasteiger partial charge in [-0.25, -0.2) is 9.79 Å². The number of hydrogen-bond donors (Lipinski definition) is 0. The van der Waals surface area contributed by atoms with E-state index in [2.05, 4.69) is 0 Å². The Morgan fingerprint density at radius 1 is 1.03 bits per heavy atom. The number of anilines is 1. The lowest BCUT2D eigenvalue weighted by Crippen LogP contribution is -2.64. The summed E-state index contributed by atoms with van der Waals surface area (Å²) in [4.78, 5) is 38.4. The Hall–Kier alpha value is -3.75. The van der Waals surface area contributed by atoms with Crippen molar-refractivity contribution in [3.63, 3.8) is 0 Å². The highest BCUT2D eigenvalue weighted by atomic mass is 16.5. The molecule has 2 fully saturated rings. The molecule has 3 aliphatic heterocycles. The van der Waals surface area contributed by atoms with Gasteiger partial charge >= 0.3 is 6.03 Å². The molecule has 3 heterocycles. The fraction of sp³-hybridized carbons (Fsp3) is 0.375. The van der Waals surface area contributed by atoms with Crippen molar-refractivity contribution >= 4 is 23.6 Å². The van der Waals surface area contributed by atoms with Gasteiger partial charge in [0.25, 0.3) is 5.91 Å². The van der Waals surface area contributed by atoms with E-state index >= 15 is 0 Å². The summed E-state index contributed by atoms with van der Waals surface area (Å²) in [5.41, 5.74) is 2.86. The number of ether oxygens (including phenoxy) is 2. The van der Waals surface area contributed by atoms with Crippen molar-refractivity contribution < 1.29 is 19.1 Å². The van der Waals surface area contributed by atoms with Crippen LogP contribution in [0.1, 0.15) is 11.1 Å². The van der Waals surface area contributed by atoms with E-state index in [9.17, 15) is 9.59 Å². The fourth-order valence-corrected chi connectivity index (χ4v) is 4.69. The molecule has 2 aromatic rings. The summed E-state index contributed by atoms with van der Waals surface area (Å²) in [7, 11) is 4.94. The van der Waals surface area contributed by atoms with Crippen molar-refractivity contribution in [3.05, 3.63) is 53.6 Å². The Morgan fingerprint density at radius 2 is 1.79 bits per heavy atom. The van der Waals surface area contributed by atoms with E-state index in [-0.39, 0.29) is 18.5 Å². The van der Waals surface area contributed by atoms with Crippen molar-refractivity contribution in [1.82, 2.24) is 14.7 Å². The molecule has 2 atom stereocenters. The van der Waals surface area contributed by atoms with Crippen LogP contribution >= 0.6 is 0 Å². The fourth-order valence-electron chi connectivity index (χ4n) is 4.69. The molecule has 0 spiro atoms. The number of carbonyl (C=O) groups is 2. The molecule has 0 saturated carbocycles. The first-order chi connectivity index (χ1) is 15.9. The average molecular weight is 450 g/mol. The van der Waals surface area contributed by atoms with Gasteiger partial charge in [0.15, 0.2) is 12.2 Å². The van der Waals surface area contributed by atoms with Crippen LogP contribution in [0.5, 0.6) is 11.5 Å². The Kier molecular flexibility index (Phi) is 5.11. The van der Waals surface area contributed by atoms with Gasteiger partial charge in [-0.1, -0.05) is 29.8 Å². The van der Waals surface area contributed by atoms with Crippen LogP contribution in [0.4, 0.5) is 10.5 Å². The Balaban J connectivity index is 1.45. The molecule has 3 aliphatic rings. The monoisotopic (exact) mass is 449 g/mol. The molecule has 0 aliphatic carbocycles. The van der Waals surface area contributed by atoms with E-state index in [1.54, 1.807) is 26.2 Å². The molecule has 0 N–H and O–H groups in total. The maximum atomic E-state index is 13.5. The maximum absolute atomic E-state index is 13.5. The van der Waals surface area contributed by atoms with Gasteiger partial charge in [-0.3, -0.25) is 9.69 Å².